The number of nitrogens with zero attached hydrogens (tertiary/aromatic N) is 3. The molecule has 0 aliphatic carbocycles. The highest BCUT2D eigenvalue weighted by Crippen LogP contribution is 2.24. The molecule has 2 saturated heterocycles. The first-order valence-electron chi connectivity index (χ1n) is 7.85. The van der Waals surface area contributed by atoms with E-state index in [2.05, 4.69) is 0 Å². The molecule has 0 N–H and O–H groups in total. The zero-order chi connectivity index (χ0) is 17.3. The molecule has 0 atom stereocenters. The van der Waals surface area contributed by atoms with Crippen LogP contribution in [-0.4, -0.2) is 60.6 Å². The SMILES string of the molecule is O=C(CN1CCN(Cc2ccc(F)cc2Cl)S1(=O)=O)N1CCCC1. The van der Waals surface area contributed by atoms with Crippen LogP contribution in [0.15, 0.2) is 18.2 Å². The Bertz CT molecular complexity index is 737. The van der Waals surface area contributed by atoms with Crippen LogP contribution >= 0.6 is 11.6 Å². The maximum Gasteiger partial charge on any atom is 0.282 e. The maximum atomic E-state index is 13.1. The molecule has 3 rings (SSSR count). The van der Waals surface area contributed by atoms with E-state index in [0.717, 1.165) is 18.9 Å². The Morgan fingerprint density at radius 3 is 2.46 bits per heavy atom. The molecule has 1 amide bonds. The van der Waals surface area contributed by atoms with Gasteiger partial charge in [0.25, 0.3) is 10.2 Å². The lowest BCUT2D eigenvalue weighted by Crippen LogP contribution is -2.41. The van der Waals surface area contributed by atoms with E-state index in [1.807, 2.05) is 0 Å². The second kappa shape index (κ2) is 6.95. The van der Waals surface area contributed by atoms with Crippen LogP contribution in [-0.2, 0) is 21.5 Å². The third-order valence-corrected chi connectivity index (χ3v) is 6.66. The third kappa shape index (κ3) is 3.56. The minimum absolute atomic E-state index is 0.0653. The monoisotopic (exact) mass is 375 g/mol. The zero-order valence-corrected chi connectivity index (χ0v) is 14.7. The molecule has 0 spiro atoms. The Morgan fingerprint density at radius 2 is 1.79 bits per heavy atom. The van der Waals surface area contributed by atoms with Gasteiger partial charge >= 0.3 is 0 Å². The Kier molecular flexibility index (Phi) is 5.10. The van der Waals surface area contributed by atoms with Crippen LogP contribution in [0.2, 0.25) is 5.02 Å². The van der Waals surface area contributed by atoms with E-state index in [0.29, 0.717) is 18.7 Å². The lowest BCUT2D eigenvalue weighted by molar-refractivity contribution is -0.130. The number of rotatable bonds is 4. The van der Waals surface area contributed by atoms with Crippen molar-refractivity contribution in [3.05, 3.63) is 34.6 Å². The molecular formula is C15H19ClFN3O3S. The van der Waals surface area contributed by atoms with E-state index >= 15 is 0 Å². The van der Waals surface area contributed by atoms with Crippen molar-refractivity contribution in [3.8, 4) is 0 Å². The first-order valence-corrected chi connectivity index (χ1v) is 9.62. The number of hydrogen-bond acceptors (Lipinski definition) is 3. The molecule has 0 unspecified atom stereocenters. The number of halogens is 2. The van der Waals surface area contributed by atoms with Crippen LogP contribution in [0.25, 0.3) is 0 Å². The predicted octanol–water partition coefficient (Wildman–Crippen LogP) is 1.46. The molecule has 0 radical (unpaired) electrons. The average molecular weight is 376 g/mol. The number of hydrogen-bond donors (Lipinski definition) is 0. The average Bonchev–Trinajstić information content (AvgIpc) is 3.13. The molecule has 2 fully saturated rings. The van der Waals surface area contributed by atoms with Gasteiger partial charge in [-0.05, 0) is 30.5 Å². The third-order valence-electron chi connectivity index (χ3n) is 4.38. The van der Waals surface area contributed by atoms with Gasteiger partial charge in [-0.25, -0.2) is 4.39 Å². The molecular weight excluding hydrogens is 357 g/mol. The fourth-order valence-electron chi connectivity index (χ4n) is 3.00. The minimum atomic E-state index is -3.71. The molecule has 6 nitrogen and oxygen atoms in total. The Morgan fingerprint density at radius 1 is 1.12 bits per heavy atom. The van der Waals surface area contributed by atoms with Crippen molar-refractivity contribution in [2.75, 3.05) is 32.7 Å². The molecule has 1 aromatic carbocycles. The number of benzene rings is 1. The number of carbonyl (C=O) groups excluding carboxylic acids is 1. The van der Waals surface area contributed by atoms with E-state index in [9.17, 15) is 17.6 Å². The Balaban J connectivity index is 1.67. The largest absolute Gasteiger partial charge is 0.342 e. The van der Waals surface area contributed by atoms with E-state index in [1.165, 1.54) is 20.7 Å². The van der Waals surface area contributed by atoms with Crippen molar-refractivity contribution >= 4 is 27.7 Å². The van der Waals surface area contributed by atoms with Crippen LogP contribution in [0, 0.1) is 5.82 Å². The summed E-state index contributed by atoms with van der Waals surface area (Å²) in [6.45, 7) is 1.87. The highest BCUT2D eigenvalue weighted by Gasteiger charge is 2.38. The molecule has 2 heterocycles. The summed E-state index contributed by atoms with van der Waals surface area (Å²) in [5.41, 5.74) is 0.536. The van der Waals surface area contributed by atoms with Crippen molar-refractivity contribution in [2.24, 2.45) is 0 Å². The summed E-state index contributed by atoms with van der Waals surface area (Å²) in [4.78, 5) is 13.9. The highest BCUT2D eigenvalue weighted by molar-refractivity contribution is 7.87. The first kappa shape index (κ1) is 17.6. The Hall–Kier alpha value is -1.22. The van der Waals surface area contributed by atoms with Gasteiger partial charge in [0.15, 0.2) is 0 Å². The molecule has 0 bridgehead atoms. The molecule has 0 saturated carbocycles. The maximum absolute atomic E-state index is 13.1. The summed E-state index contributed by atoms with van der Waals surface area (Å²) in [6.07, 6.45) is 1.93. The summed E-state index contributed by atoms with van der Waals surface area (Å²) in [6, 6.07) is 3.89. The van der Waals surface area contributed by atoms with Gasteiger partial charge in [-0.2, -0.15) is 17.0 Å². The fraction of sp³-hybridized carbons (Fsp3) is 0.533. The topological polar surface area (TPSA) is 60.9 Å². The van der Waals surface area contributed by atoms with Gasteiger partial charge in [0.05, 0.1) is 6.54 Å². The summed E-state index contributed by atoms with van der Waals surface area (Å²) >= 11 is 5.97. The molecule has 2 aliphatic rings. The Labute approximate surface area is 146 Å². The quantitative estimate of drug-likeness (QED) is 0.800. The summed E-state index contributed by atoms with van der Waals surface area (Å²) in [5, 5.41) is 0.191. The fourth-order valence-corrected chi connectivity index (χ4v) is 4.75. The van der Waals surface area contributed by atoms with Crippen LogP contribution in [0.4, 0.5) is 4.39 Å². The van der Waals surface area contributed by atoms with Crippen LogP contribution < -0.4 is 0 Å². The van der Waals surface area contributed by atoms with Crippen LogP contribution in [0.5, 0.6) is 0 Å². The lowest BCUT2D eigenvalue weighted by Gasteiger charge is -2.21. The van der Waals surface area contributed by atoms with Gasteiger partial charge < -0.3 is 4.90 Å². The van der Waals surface area contributed by atoms with Gasteiger partial charge in [-0.15, -0.1) is 0 Å². The van der Waals surface area contributed by atoms with Crippen molar-refractivity contribution < 1.29 is 17.6 Å². The zero-order valence-electron chi connectivity index (χ0n) is 13.1. The molecule has 24 heavy (non-hydrogen) atoms. The van der Waals surface area contributed by atoms with Gasteiger partial charge in [-0.3, -0.25) is 4.79 Å². The van der Waals surface area contributed by atoms with E-state index in [4.69, 9.17) is 11.6 Å². The van der Waals surface area contributed by atoms with Gasteiger partial charge in [0.1, 0.15) is 5.82 Å². The molecule has 9 heteroatoms. The summed E-state index contributed by atoms with van der Waals surface area (Å²) in [5.74, 6) is -0.622. The van der Waals surface area contributed by atoms with Crippen LogP contribution in [0.3, 0.4) is 0 Å². The molecule has 1 aromatic rings. The molecule has 2 aliphatic heterocycles. The summed E-state index contributed by atoms with van der Waals surface area (Å²) in [7, 11) is -3.71. The van der Waals surface area contributed by atoms with Gasteiger partial charge in [0, 0.05) is 37.7 Å². The number of carbonyl (C=O) groups is 1. The van der Waals surface area contributed by atoms with Crippen LogP contribution in [0.1, 0.15) is 18.4 Å². The second-order valence-electron chi connectivity index (χ2n) is 6.00. The van der Waals surface area contributed by atoms with Crippen molar-refractivity contribution in [2.45, 2.75) is 19.4 Å². The number of likely N-dealkylation sites (tertiary alicyclic amines) is 1. The summed E-state index contributed by atoms with van der Waals surface area (Å²) < 4.78 is 40.7. The van der Waals surface area contributed by atoms with E-state index in [-0.39, 0.29) is 37.1 Å². The lowest BCUT2D eigenvalue weighted by atomic mass is 10.2. The smallest absolute Gasteiger partial charge is 0.282 e. The van der Waals surface area contributed by atoms with E-state index in [1.54, 1.807) is 4.90 Å². The first-order chi connectivity index (χ1) is 11.4. The number of amides is 1. The normalized spacial score (nSPS) is 21.5. The molecule has 0 aromatic heterocycles. The van der Waals surface area contributed by atoms with E-state index < -0.39 is 16.0 Å². The minimum Gasteiger partial charge on any atom is -0.342 e. The van der Waals surface area contributed by atoms with Crippen molar-refractivity contribution in [3.63, 3.8) is 0 Å². The second-order valence-corrected chi connectivity index (χ2v) is 8.33. The van der Waals surface area contributed by atoms with Gasteiger partial charge in [-0.1, -0.05) is 17.7 Å². The van der Waals surface area contributed by atoms with Crippen molar-refractivity contribution in [1.82, 2.24) is 13.5 Å². The van der Waals surface area contributed by atoms with Crippen molar-refractivity contribution in [1.29, 1.82) is 0 Å². The predicted molar refractivity (Wildman–Crippen MR) is 88.1 cm³/mol. The molecule has 132 valence electrons. The standard InChI is InChI=1S/C15H19ClFN3O3S/c16-14-9-13(17)4-3-12(14)10-19-7-8-20(24(19,22)23)11-15(21)18-5-1-2-6-18/h3-4,9H,1-2,5-8,10-11H2. The van der Waals surface area contributed by atoms with Gasteiger partial charge in [0.2, 0.25) is 5.91 Å². The highest BCUT2D eigenvalue weighted by atomic mass is 35.5.